The van der Waals surface area contributed by atoms with Crippen LogP contribution in [-0.4, -0.2) is 25.7 Å². The highest BCUT2D eigenvalue weighted by atomic mass is 16.4. The van der Waals surface area contributed by atoms with Crippen LogP contribution in [-0.2, 0) is 13.5 Å². The summed E-state index contributed by atoms with van der Waals surface area (Å²) in [4.78, 5) is 32.7. The number of carbonyl (C=O) groups is 1. The lowest BCUT2D eigenvalue weighted by molar-refractivity contribution is 0.102. The molecule has 1 aromatic carbocycles. The molecule has 0 saturated carbocycles. The number of amides is 1. The van der Waals surface area contributed by atoms with E-state index in [0.717, 1.165) is 33.5 Å². The van der Waals surface area contributed by atoms with Gasteiger partial charge in [0.25, 0.3) is 11.8 Å². The first-order valence-corrected chi connectivity index (χ1v) is 9.82. The lowest BCUT2D eigenvalue weighted by Gasteiger charge is -2.11. The summed E-state index contributed by atoms with van der Waals surface area (Å²) >= 11 is 0. The third-order valence-corrected chi connectivity index (χ3v) is 4.96. The van der Waals surface area contributed by atoms with Crippen molar-refractivity contribution in [3.8, 4) is 22.6 Å². The van der Waals surface area contributed by atoms with Crippen LogP contribution >= 0.6 is 0 Å². The highest BCUT2D eigenvalue weighted by Crippen LogP contribution is 2.28. The summed E-state index contributed by atoms with van der Waals surface area (Å²) in [5.74, 6) is -0.489. The van der Waals surface area contributed by atoms with E-state index < -0.39 is 5.76 Å². The molecule has 0 saturated heterocycles. The van der Waals surface area contributed by atoms with Gasteiger partial charge in [-0.05, 0) is 48.7 Å². The first kappa shape index (κ1) is 20.2. The summed E-state index contributed by atoms with van der Waals surface area (Å²) in [7, 11) is 1.53. The molecule has 8 nitrogen and oxygen atoms in total. The van der Waals surface area contributed by atoms with Crippen molar-refractivity contribution in [1.82, 2.24) is 19.7 Å². The lowest BCUT2D eigenvalue weighted by Crippen LogP contribution is -2.13. The number of rotatable bonds is 5. The van der Waals surface area contributed by atoms with Crippen LogP contribution in [0.15, 0.2) is 64.2 Å². The normalized spacial score (nSPS) is 10.8. The molecular weight excluding hydrogens is 394 g/mol. The zero-order chi connectivity index (χ0) is 22.0. The first-order valence-electron chi connectivity index (χ1n) is 9.82. The van der Waals surface area contributed by atoms with Gasteiger partial charge in [-0.15, -0.1) is 5.10 Å². The number of aryl methyl sites for hydroxylation is 3. The summed E-state index contributed by atoms with van der Waals surface area (Å²) in [5, 5.41) is 7.01. The molecule has 3 heterocycles. The molecule has 0 aliphatic rings. The Balaban J connectivity index is 1.62. The van der Waals surface area contributed by atoms with Crippen molar-refractivity contribution in [3.05, 3.63) is 82.4 Å². The number of carbonyl (C=O) groups excluding carboxylic acids is 1. The molecule has 1 amide bonds. The number of nitrogens with zero attached hydrogens (tertiary/aromatic N) is 4. The Bertz CT molecular complexity index is 1310. The van der Waals surface area contributed by atoms with Crippen molar-refractivity contribution in [1.29, 1.82) is 0 Å². The van der Waals surface area contributed by atoms with Gasteiger partial charge >= 0.3 is 5.76 Å². The van der Waals surface area contributed by atoms with Crippen molar-refractivity contribution >= 4 is 11.6 Å². The van der Waals surface area contributed by atoms with Crippen molar-refractivity contribution in [2.24, 2.45) is 7.05 Å². The van der Waals surface area contributed by atoms with E-state index in [0.29, 0.717) is 16.8 Å². The maximum Gasteiger partial charge on any atom is 0.437 e. The van der Waals surface area contributed by atoms with E-state index in [1.54, 1.807) is 24.7 Å². The van der Waals surface area contributed by atoms with Crippen molar-refractivity contribution in [3.63, 3.8) is 0 Å². The van der Waals surface area contributed by atoms with Crippen molar-refractivity contribution < 1.29 is 9.21 Å². The average Bonchev–Trinajstić information content (AvgIpc) is 3.12. The first-order chi connectivity index (χ1) is 15.0. The molecule has 8 heteroatoms. The zero-order valence-electron chi connectivity index (χ0n) is 17.4. The Labute approximate surface area is 178 Å². The minimum atomic E-state index is -0.527. The maximum absolute atomic E-state index is 12.5. The van der Waals surface area contributed by atoms with Crippen molar-refractivity contribution in [2.45, 2.75) is 20.3 Å². The van der Waals surface area contributed by atoms with Crippen LogP contribution in [0.5, 0.6) is 0 Å². The molecule has 0 atom stereocenters. The van der Waals surface area contributed by atoms with Crippen LogP contribution in [0.2, 0.25) is 0 Å². The number of benzene rings is 1. The van der Waals surface area contributed by atoms with Gasteiger partial charge in [0, 0.05) is 48.1 Å². The molecule has 4 aromatic rings. The topological polar surface area (TPSA) is 103 Å². The molecule has 0 radical (unpaired) electrons. The molecule has 0 bridgehead atoms. The summed E-state index contributed by atoms with van der Waals surface area (Å²) in [6.07, 6.45) is 5.65. The zero-order valence-corrected chi connectivity index (χ0v) is 17.4. The van der Waals surface area contributed by atoms with Gasteiger partial charge in [0.05, 0.1) is 5.56 Å². The van der Waals surface area contributed by atoms with Gasteiger partial charge in [-0.1, -0.05) is 19.1 Å². The predicted octanol–water partition coefficient (Wildman–Crippen LogP) is 3.62. The quantitative estimate of drug-likeness (QED) is 0.534. The molecular formula is C23H21N5O3. The predicted molar refractivity (Wildman–Crippen MR) is 117 cm³/mol. The van der Waals surface area contributed by atoms with Gasteiger partial charge in [0.2, 0.25) is 0 Å². The molecule has 4 rings (SSSR count). The number of nitrogens with one attached hydrogen (secondary N) is 1. The summed E-state index contributed by atoms with van der Waals surface area (Å²) in [6, 6.07) is 11.1. The molecule has 3 aromatic heterocycles. The van der Waals surface area contributed by atoms with Crippen LogP contribution in [0.25, 0.3) is 22.6 Å². The maximum atomic E-state index is 12.5. The largest absolute Gasteiger partial charge is 0.437 e. The second-order valence-corrected chi connectivity index (χ2v) is 7.09. The van der Waals surface area contributed by atoms with Crippen LogP contribution in [0.1, 0.15) is 28.5 Å². The van der Waals surface area contributed by atoms with Crippen LogP contribution in [0.4, 0.5) is 5.69 Å². The van der Waals surface area contributed by atoms with E-state index in [-0.39, 0.29) is 11.8 Å². The molecule has 0 aliphatic carbocycles. The molecule has 0 aliphatic heterocycles. The highest BCUT2D eigenvalue weighted by Gasteiger charge is 2.14. The fourth-order valence-electron chi connectivity index (χ4n) is 3.26. The van der Waals surface area contributed by atoms with Crippen LogP contribution in [0.3, 0.4) is 0 Å². The number of pyridine rings is 2. The Hall–Kier alpha value is -4.07. The third-order valence-electron chi connectivity index (χ3n) is 4.96. The molecule has 1 N–H and O–H groups in total. The van der Waals surface area contributed by atoms with E-state index in [9.17, 15) is 9.59 Å². The fraction of sp³-hybridized carbons (Fsp3) is 0.174. The number of hydrogen-bond acceptors (Lipinski definition) is 6. The molecule has 156 valence electrons. The van der Waals surface area contributed by atoms with E-state index in [1.165, 1.54) is 7.05 Å². The summed E-state index contributed by atoms with van der Waals surface area (Å²) in [5.41, 5.74) is 5.46. The number of aromatic nitrogens is 4. The Morgan fingerprint density at radius 1 is 1.13 bits per heavy atom. The summed E-state index contributed by atoms with van der Waals surface area (Å²) in [6.45, 7) is 3.87. The Kier molecular flexibility index (Phi) is 5.44. The molecule has 0 unspecified atom stereocenters. The molecule has 0 spiro atoms. The van der Waals surface area contributed by atoms with Crippen molar-refractivity contribution in [2.75, 3.05) is 5.32 Å². The SMILES string of the molecule is CCc1ncc(-c2nn(C)c(=O)o2)cc1-c1ccc(NC(=O)c2ccncc2C)cc1. The lowest BCUT2D eigenvalue weighted by atomic mass is 10.0. The van der Waals surface area contributed by atoms with E-state index in [2.05, 4.69) is 20.4 Å². The molecule has 0 fully saturated rings. The van der Waals surface area contributed by atoms with Gasteiger partial charge in [-0.2, -0.15) is 4.68 Å². The Morgan fingerprint density at radius 2 is 1.90 bits per heavy atom. The average molecular weight is 415 g/mol. The van der Waals surface area contributed by atoms with Gasteiger partial charge in [0.15, 0.2) is 0 Å². The monoisotopic (exact) mass is 415 g/mol. The second kappa shape index (κ2) is 8.35. The second-order valence-electron chi connectivity index (χ2n) is 7.09. The summed E-state index contributed by atoms with van der Waals surface area (Å²) < 4.78 is 6.33. The van der Waals surface area contributed by atoms with Gasteiger partial charge in [-0.3, -0.25) is 14.8 Å². The third kappa shape index (κ3) is 4.13. The smallest absolute Gasteiger partial charge is 0.388 e. The van der Waals surface area contributed by atoms with Crippen LogP contribution in [0, 0.1) is 6.92 Å². The van der Waals surface area contributed by atoms with Gasteiger partial charge in [-0.25, -0.2) is 4.79 Å². The minimum absolute atomic E-state index is 0.184. The van der Waals surface area contributed by atoms with E-state index in [4.69, 9.17) is 4.42 Å². The van der Waals surface area contributed by atoms with Crippen LogP contribution < -0.4 is 11.1 Å². The van der Waals surface area contributed by atoms with E-state index in [1.807, 2.05) is 44.2 Å². The highest BCUT2D eigenvalue weighted by molar-refractivity contribution is 6.05. The molecule has 31 heavy (non-hydrogen) atoms. The minimum Gasteiger partial charge on any atom is -0.388 e. The van der Waals surface area contributed by atoms with E-state index >= 15 is 0 Å². The standard InChI is InChI=1S/C23H21N5O3/c1-4-20-19(11-16(13-25-20)22-27-28(3)23(30)31-22)15-5-7-17(8-6-15)26-21(29)18-9-10-24-12-14(18)2/h5-13H,4H2,1-3H3,(H,26,29). The van der Waals surface area contributed by atoms with Gasteiger partial charge in [0.1, 0.15) is 0 Å². The number of anilines is 1. The fourth-order valence-corrected chi connectivity index (χ4v) is 3.26. The van der Waals surface area contributed by atoms with Gasteiger partial charge < -0.3 is 9.73 Å². The number of hydrogen-bond donors (Lipinski definition) is 1. The Morgan fingerprint density at radius 3 is 2.55 bits per heavy atom.